The molecule has 4 heteroatoms. The van der Waals surface area contributed by atoms with Gasteiger partial charge in [0.05, 0.1) is 23.8 Å². The topological polar surface area (TPSA) is 44.1 Å². The van der Waals surface area contributed by atoms with Crippen molar-refractivity contribution in [2.45, 2.75) is 32.1 Å². The normalized spacial score (nSPS) is 12.4. The van der Waals surface area contributed by atoms with Crippen LogP contribution in [0.3, 0.4) is 0 Å². The molecule has 4 nitrogen and oxygen atoms in total. The predicted octanol–water partition coefficient (Wildman–Crippen LogP) is 5.63. The molecule has 3 aromatic carbocycles. The van der Waals surface area contributed by atoms with Crippen LogP contribution in [0.15, 0.2) is 66.7 Å². The van der Waals surface area contributed by atoms with Crippen molar-refractivity contribution >= 4 is 27.8 Å². The zero-order valence-electron chi connectivity index (χ0n) is 16.3. The largest absolute Gasteiger partial charge is 0.469 e. The van der Waals surface area contributed by atoms with E-state index in [0.717, 1.165) is 35.4 Å². The quantitative estimate of drug-likeness (QED) is 0.412. The molecule has 0 saturated heterocycles. The van der Waals surface area contributed by atoms with Gasteiger partial charge in [-0.25, -0.2) is 4.98 Å². The molecule has 0 aliphatic rings. The molecule has 28 heavy (non-hydrogen) atoms. The molecule has 0 spiro atoms. The molecule has 0 aliphatic carbocycles. The van der Waals surface area contributed by atoms with E-state index in [0.29, 0.717) is 6.42 Å². The van der Waals surface area contributed by atoms with Crippen molar-refractivity contribution in [3.05, 3.63) is 72.6 Å². The Labute approximate surface area is 164 Å². The minimum Gasteiger partial charge on any atom is -0.469 e. The fraction of sp³-hybridized carbons (Fsp3) is 0.250. The molecule has 0 aliphatic heterocycles. The highest BCUT2D eigenvalue weighted by atomic mass is 16.5. The fourth-order valence-electron chi connectivity index (χ4n) is 3.82. The molecular formula is C24H24N2O2. The molecule has 4 aromatic rings. The highest BCUT2D eigenvalue weighted by Crippen LogP contribution is 2.32. The molecular weight excluding hydrogens is 348 g/mol. The predicted molar refractivity (Wildman–Crippen MR) is 113 cm³/mol. The number of carbonyl (C=O) groups excluding carboxylic acids is 1. The number of para-hydroxylation sites is 2. The molecule has 4 rings (SSSR count). The van der Waals surface area contributed by atoms with Crippen LogP contribution in [0.2, 0.25) is 0 Å². The molecule has 0 amide bonds. The van der Waals surface area contributed by atoms with Gasteiger partial charge in [0.2, 0.25) is 0 Å². The summed E-state index contributed by atoms with van der Waals surface area (Å²) in [5.74, 6) is 1.09. The summed E-state index contributed by atoms with van der Waals surface area (Å²) in [5.41, 5.74) is 3.24. The molecule has 1 heterocycles. The van der Waals surface area contributed by atoms with Gasteiger partial charge in [-0.15, -0.1) is 0 Å². The minimum atomic E-state index is -0.158. The summed E-state index contributed by atoms with van der Waals surface area (Å²) >= 11 is 0. The van der Waals surface area contributed by atoms with Crippen LogP contribution in [0.25, 0.3) is 27.5 Å². The average molecular weight is 372 g/mol. The lowest BCUT2D eigenvalue weighted by molar-refractivity contribution is -0.140. The summed E-state index contributed by atoms with van der Waals surface area (Å²) < 4.78 is 7.05. The Hall–Kier alpha value is -3.14. The Morgan fingerprint density at radius 1 is 1.04 bits per heavy atom. The van der Waals surface area contributed by atoms with E-state index in [1.54, 1.807) is 0 Å². The smallest absolute Gasteiger partial charge is 0.305 e. The van der Waals surface area contributed by atoms with Crippen molar-refractivity contribution in [3.63, 3.8) is 0 Å². The van der Waals surface area contributed by atoms with Crippen molar-refractivity contribution in [1.29, 1.82) is 0 Å². The number of ether oxygens (including phenoxy) is 1. The number of esters is 1. The minimum absolute atomic E-state index is 0.158. The van der Waals surface area contributed by atoms with Gasteiger partial charge >= 0.3 is 5.97 Å². The molecule has 0 fully saturated rings. The highest BCUT2D eigenvalue weighted by molar-refractivity contribution is 5.92. The van der Waals surface area contributed by atoms with Crippen LogP contribution < -0.4 is 0 Å². The second-order valence-electron chi connectivity index (χ2n) is 7.16. The number of methoxy groups -OCH3 is 1. The lowest BCUT2D eigenvalue weighted by Crippen LogP contribution is -2.07. The van der Waals surface area contributed by atoms with Crippen LogP contribution in [0.4, 0.5) is 0 Å². The molecule has 142 valence electrons. The lowest BCUT2D eigenvalue weighted by atomic mass is 10.0. The van der Waals surface area contributed by atoms with E-state index in [2.05, 4.69) is 72.2 Å². The maximum absolute atomic E-state index is 11.5. The van der Waals surface area contributed by atoms with Crippen LogP contribution in [-0.2, 0) is 9.53 Å². The second kappa shape index (κ2) is 7.85. The SMILES string of the molecule is COC(=O)CCC[C@H](C)c1nc2ccccc2n1-c1cccc2ccccc12. The van der Waals surface area contributed by atoms with Gasteiger partial charge in [-0.05, 0) is 36.4 Å². The first-order valence-corrected chi connectivity index (χ1v) is 9.71. The number of aromatic nitrogens is 2. The number of nitrogens with zero attached hydrogens (tertiary/aromatic N) is 2. The van der Waals surface area contributed by atoms with Gasteiger partial charge in [-0.1, -0.05) is 55.5 Å². The van der Waals surface area contributed by atoms with Crippen molar-refractivity contribution in [1.82, 2.24) is 9.55 Å². The van der Waals surface area contributed by atoms with Gasteiger partial charge in [0, 0.05) is 17.7 Å². The molecule has 0 N–H and O–H groups in total. The van der Waals surface area contributed by atoms with E-state index in [1.165, 1.54) is 17.9 Å². The number of benzene rings is 3. The first kappa shape index (κ1) is 18.2. The lowest BCUT2D eigenvalue weighted by Gasteiger charge is -2.16. The number of hydrogen-bond donors (Lipinski definition) is 0. The van der Waals surface area contributed by atoms with Crippen molar-refractivity contribution in [3.8, 4) is 5.69 Å². The maximum atomic E-state index is 11.5. The number of fused-ring (bicyclic) bond motifs is 2. The van der Waals surface area contributed by atoms with E-state index in [9.17, 15) is 4.79 Å². The average Bonchev–Trinajstić information content (AvgIpc) is 3.12. The Balaban J connectivity index is 1.81. The molecule has 0 radical (unpaired) electrons. The second-order valence-corrected chi connectivity index (χ2v) is 7.16. The highest BCUT2D eigenvalue weighted by Gasteiger charge is 2.19. The van der Waals surface area contributed by atoms with Gasteiger partial charge in [-0.2, -0.15) is 0 Å². The zero-order valence-corrected chi connectivity index (χ0v) is 16.3. The molecule has 1 atom stereocenters. The molecule has 0 saturated carbocycles. The number of carbonyl (C=O) groups is 1. The standard InChI is InChI=1S/C24H24N2O2/c1-17(9-7-16-23(27)28-2)24-25-20-13-5-6-14-22(20)26(24)21-15-8-11-18-10-3-4-12-19(18)21/h3-6,8,10-15,17H,7,9,16H2,1-2H3/t17-/m0/s1. The van der Waals surface area contributed by atoms with Gasteiger partial charge in [0.1, 0.15) is 5.82 Å². The van der Waals surface area contributed by atoms with E-state index >= 15 is 0 Å². The fourth-order valence-corrected chi connectivity index (χ4v) is 3.82. The number of rotatable bonds is 6. The van der Waals surface area contributed by atoms with Crippen LogP contribution in [-0.4, -0.2) is 22.6 Å². The Morgan fingerprint density at radius 3 is 2.64 bits per heavy atom. The van der Waals surface area contributed by atoms with Gasteiger partial charge < -0.3 is 4.74 Å². The molecule has 0 unspecified atom stereocenters. The molecule has 1 aromatic heterocycles. The van der Waals surface area contributed by atoms with E-state index in [4.69, 9.17) is 9.72 Å². The van der Waals surface area contributed by atoms with Crippen molar-refractivity contribution < 1.29 is 9.53 Å². The summed E-state index contributed by atoms with van der Waals surface area (Å²) in [5, 5.41) is 2.42. The van der Waals surface area contributed by atoms with Crippen LogP contribution in [0, 0.1) is 0 Å². The van der Waals surface area contributed by atoms with Gasteiger partial charge in [0.15, 0.2) is 0 Å². The Kier molecular flexibility index (Phi) is 5.11. The van der Waals surface area contributed by atoms with Crippen LogP contribution in [0.5, 0.6) is 0 Å². The van der Waals surface area contributed by atoms with Crippen LogP contribution in [0.1, 0.15) is 37.9 Å². The summed E-state index contributed by atoms with van der Waals surface area (Å²) in [4.78, 5) is 16.4. The zero-order chi connectivity index (χ0) is 19.5. The van der Waals surface area contributed by atoms with Crippen molar-refractivity contribution in [2.24, 2.45) is 0 Å². The van der Waals surface area contributed by atoms with E-state index < -0.39 is 0 Å². The van der Waals surface area contributed by atoms with Crippen LogP contribution >= 0.6 is 0 Å². The van der Waals surface area contributed by atoms with E-state index in [-0.39, 0.29) is 11.9 Å². The first-order chi connectivity index (χ1) is 13.7. The summed E-state index contributed by atoms with van der Waals surface area (Å²) in [6, 6.07) is 23.1. The monoisotopic (exact) mass is 372 g/mol. The molecule has 0 bridgehead atoms. The number of hydrogen-bond acceptors (Lipinski definition) is 3. The third-order valence-corrected chi connectivity index (χ3v) is 5.28. The Bertz CT molecular complexity index is 1120. The van der Waals surface area contributed by atoms with Gasteiger partial charge in [0.25, 0.3) is 0 Å². The summed E-state index contributed by atoms with van der Waals surface area (Å²) in [6.07, 6.45) is 2.10. The maximum Gasteiger partial charge on any atom is 0.305 e. The third-order valence-electron chi connectivity index (χ3n) is 5.28. The third kappa shape index (κ3) is 3.38. The summed E-state index contributed by atoms with van der Waals surface area (Å²) in [7, 11) is 1.44. The Morgan fingerprint density at radius 2 is 1.79 bits per heavy atom. The van der Waals surface area contributed by atoms with E-state index in [1.807, 2.05) is 6.07 Å². The number of imidazole rings is 1. The first-order valence-electron chi connectivity index (χ1n) is 9.71. The van der Waals surface area contributed by atoms with Crippen molar-refractivity contribution in [2.75, 3.05) is 7.11 Å². The summed E-state index contributed by atoms with van der Waals surface area (Å²) in [6.45, 7) is 2.18. The van der Waals surface area contributed by atoms with Gasteiger partial charge in [-0.3, -0.25) is 9.36 Å².